The van der Waals surface area contributed by atoms with Crippen molar-refractivity contribution in [2.24, 2.45) is 5.10 Å². The lowest BCUT2D eigenvalue weighted by molar-refractivity contribution is 0.919. The van der Waals surface area contributed by atoms with Crippen LogP contribution in [0, 0.1) is 0 Å². The van der Waals surface area contributed by atoms with Gasteiger partial charge in [0, 0.05) is 0 Å². The molecule has 0 fully saturated rings. The van der Waals surface area contributed by atoms with Crippen LogP contribution in [0.1, 0.15) is 0 Å². The Morgan fingerprint density at radius 2 is 1.70 bits per heavy atom. The van der Waals surface area contributed by atoms with Crippen molar-refractivity contribution in [2.45, 2.75) is 0 Å². The van der Waals surface area contributed by atoms with Crippen LogP contribution in [0.15, 0.2) is 49.8 Å². The highest BCUT2D eigenvalue weighted by Gasteiger charge is 2.21. The Hall–Kier alpha value is -3.30. The lowest BCUT2D eigenvalue weighted by Gasteiger charge is -1.99. The van der Waals surface area contributed by atoms with Gasteiger partial charge in [-0.1, -0.05) is 41.4 Å². The Morgan fingerprint density at radius 3 is 2.41 bits per heavy atom. The van der Waals surface area contributed by atoms with Crippen LogP contribution in [-0.4, -0.2) is 14.6 Å². The topological polar surface area (TPSA) is 132 Å². The molecule has 0 spiro atoms. The van der Waals surface area contributed by atoms with Gasteiger partial charge in [0.25, 0.3) is 5.56 Å². The average molecular weight is 403 g/mol. The summed E-state index contributed by atoms with van der Waals surface area (Å²) in [6, 6.07) is 8.94. The van der Waals surface area contributed by atoms with Crippen LogP contribution < -0.4 is 32.9 Å². The number of nitrogens with two attached hydrogens (primary N) is 1. The second kappa shape index (κ2) is 6.15. The molecule has 27 heavy (non-hydrogen) atoms. The van der Waals surface area contributed by atoms with Crippen molar-refractivity contribution in [1.82, 2.24) is 14.6 Å². The van der Waals surface area contributed by atoms with E-state index in [1.807, 2.05) is 6.07 Å². The van der Waals surface area contributed by atoms with E-state index in [0.29, 0.717) is 5.69 Å². The van der Waals surface area contributed by atoms with Gasteiger partial charge in [-0.3, -0.25) is 19.8 Å². The Morgan fingerprint density at radius 1 is 1.04 bits per heavy atom. The fraction of sp³-hybridized carbons (Fsp3) is 0. The molecule has 0 aliphatic rings. The van der Waals surface area contributed by atoms with Gasteiger partial charge in [-0.2, -0.15) is 9.62 Å². The summed E-state index contributed by atoms with van der Waals surface area (Å²) < 4.78 is 0.800. The summed E-state index contributed by atoms with van der Waals surface area (Å²) in [4.78, 5) is 41.3. The van der Waals surface area contributed by atoms with Gasteiger partial charge in [-0.05, 0) is 12.1 Å². The summed E-state index contributed by atoms with van der Waals surface area (Å²) in [5, 5.41) is 6.46. The summed E-state index contributed by atoms with van der Waals surface area (Å²) in [6.07, 6.45) is 0. The fourth-order valence-electron chi connectivity index (χ4n) is 2.55. The normalized spacial score (nSPS) is 12.1. The van der Waals surface area contributed by atoms with Crippen LogP contribution >= 0.6 is 23.2 Å². The highest BCUT2D eigenvalue weighted by Crippen LogP contribution is 2.15. The Kier molecular flexibility index (Phi) is 3.90. The molecule has 0 aliphatic carbocycles. The van der Waals surface area contributed by atoms with E-state index < -0.39 is 37.4 Å². The van der Waals surface area contributed by atoms with Crippen LogP contribution in [0.25, 0.3) is 16.6 Å². The molecular formula is C16H8Cl2N6O3. The minimum atomic E-state index is -0.898. The van der Waals surface area contributed by atoms with Crippen LogP contribution in [0.5, 0.6) is 0 Å². The van der Waals surface area contributed by atoms with E-state index in [2.05, 4.69) is 20.6 Å². The van der Waals surface area contributed by atoms with Gasteiger partial charge >= 0.3 is 0 Å². The van der Waals surface area contributed by atoms with Crippen molar-refractivity contribution in [3.63, 3.8) is 0 Å². The first-order valence-corrected chi connectivity index (χ1v) is 8.21. The SMILES string of the molecule is Nc1nn2c(=O)c3c(=O)c(Cl)c(Cl)c(=O)c3nc2c1=NNc1ccccc1. The number of hydrogen-bond acceptors (Lipinski definition) is 8. The Balaban J connectivity index is 2.09. The molecule has 0 amide bonds. The molecule has 2 aromatic heterocycles. The first-order chi connectivity index (χ1) is 12.9. The summed E-state index contributed by atoms with van der Waals surface area (Å²) >= 11 is 11.5. The molecule has 4 rings (SSSR count). The lowest BCUT2D eigenvalue weighted by Crippen LogP contribution is -2.27. The molecule has 9 nitrogen and oxygen atoms in total. The summed E-state index contributed by atoms with van der Waals surface area (Å²) in [6.45, 7) is 0. The van der Waals surface area contributed by atoms with E-state index in [1.165, 1.54) is 0 Å². The van der Waals surface area contributed by atoms with Crippen LogP contribution in [-0.2, 0) is 0 Å². The van der Waals surface area contributed by atoms with Gasteiger partial charge in [-0.15, -0.1) is 5.10 Å². The van der Waals surface area contributed by atoms with Crippen LogP contribution in [0.3, 0.4) is 0 Å². The zero-order chi connectivity index (χ0) is 19.3. The zero-order valence-electron chi connectivity index (χ0n) is 13.2. The van der Waals surface area contributed by atoms with E-state index in [4.69, 9.17) is 28.9 Å². The number of para-hydroxylation sites is 1. The molecule has 11 heteroatoms. The molecule has 0 bridgehead atoms. The number of rotatable bonds is 2. The van der Waals surface area contributed by atoms with Crippen molar-refractivity contribution in [1.29, 1.82) is 0 Å². The monoisotopic (exact) mass is 402 g/mol. The number of fused-ring (bicyclic) bond motifs is 2. The largest absolute Gasteiger partial charge is 0.380 e. The molecule has 0 atom stereocenters. The van der Waals surface area contributed by atoms with E-state index in [1.54, 1.807) is 24.3 Å². The first kappa shape index (κ1) is 17.1. The minimum absolute atomic E-state index is 0.0378. The van der Waals surface area contributed by atoms with Gasteiger partial charge in [0.2, 0.25) is 10.9 Å². The van der Waals surface area contributed by atoms with Gasteiger partial charge in [0.05, 0.1) is 5.69 Å². The van der Waals surface area contributed by atoms with Crippen molar-refractivity contribution < 1.29 is 0 Å². The molecular weight excluding hydrogens is 395 g/mol. The molecule has 2 heterocycles. The molecule has 3 N–H and O–H groups in total. The van der Waals surface area contributed by atoms with Crippen molar-refractivity contribution in [3.05, 3.63) is 76.5 Å². The number of nitrogen functional groups attached to an aromatic ring is 1. The Bertz CT molecular complexity index is 1440. The smallest absolute Gasteiger partial charge is 0.286 e. The molecule has 4 aromatic rings. The summed E-state index contributed by atoms with van der Waals surface area (Å²) in [5.74, 6) is -0.115. The maximum atomic E-state index is 12.7. The molecule has 0 unspecified atom stereocenters. The second-order valence-electron chi connectivity index (χ2n) is 5.49. The molecule has 0 saturated carbocycles. The third-order valence-corrected chi connectivity index (χ3v) is 4.65. The first-order valence-electron chi connectivity index (χ1n) is 7.45. The van der Waals surface area contributed by atoms with Gasteiger partial charge in [0.1, 0.15) is 20.9 Å². The number of halogens is 2. The number of nitrogens with zero attached hydrogens (tertiary/aromatic N) is 4. The number of aromatic nitrogens is 3. The van der Waals surface area contributed by atoms with Crippen molar-refractivity contribution in [2.75, 3.05) is 11.2 Å². The van der Waals surface area contributed by atoms with E-state index in [0.717, 1.165) is 4.52 Å². The third-order valence-electron chi connectivity index (χ3n) is 3.83. The quantitative estimate of drug-likeness (QED) is 0.470. The predicted octanol–water partition coefficient (Wildman–Crippen LogP) is 0.655. The Labute approximate surface area is 159 Å². The predicted molar refractivity (Wildman–Crippen MR) is 102 cm³/mol. The molecule has 0 radical (unpaired) electrons. The standard InChI is InChI=1S/C16H8Cl2N6O3/c17-8-9(18)13(26)10-7(12(8)25)16(27)24-15(20-10)11(14(19)23-24)22-21-6-4-2-1-3-5-6/h1-5,21H,(H2,19,23). The third kappa shape index (κ3) is 2.56. The number of anilines is 2. The molecule has 0 saturated heterocycles. The highest BCUT2D eigenvalue weighted by molar-refractivity contribution is 6.42. The second-order valence-corrected chi connectivity index (χ2v) is 6.24. The summed E-state index contributed by atoms with van der Waals surface area (Å²) in [7, 11) is 0. The summed E-state index contributed by atoms with van der Waals surface area (Å²) in [5.41, 5.74) is 6.12. The molecule has 134 valence electrons. The zero-order valence-corrected chi connectivity index (χ0v) is 14.7. The lowest BCUT2D eigenvalue weighted by atomic mass is 10.2. The maximum Gasteiger partial charge on any atom is 0.286 e. The number of hydrogen-bond donors (Lipinski definition) is 2. The maximum absolute atomic E-state index is 12.7. The van der Waals surface area contributed by atoms with E-state index >= 15 is 0 Å². The van der Waals surface area contributed by atoms with E-state index in [-0.39, 0.29) is 16.8 Å². The highest BCUT2D eigenvalue weighted by atomic mass is 35.5. The van der Waals surface area contributed by atoms with Gasteiger partial charge in [-0.25, -0.2) is 4.98 Å². The van der Waals surface area contributed by atoms with Crippen LogP contribution in [0.2, 0.25) is 10.0 Å². The number of benzene rings is 2. The van der Waals surface area contributed by atoms with Gasteiger partial charge in [0.15, 0.2) is 16.8 Å². The fourth-order valence-corrected chi connectivity index (χ4v) is 2.91. The van der Waals surface area contributed by atoms with Crippen LogP contribution in [0.4, 0.5) is 11.5 Å². The molecule has 0 aliphatic heterocycles. The average Bonchev–Trinajstić information content (AvgIpc) is 2.99. The number of nitrogens with one attached hydrogen (secondary N) is 1. The minimum Gasteiger partial charge on any atom is -0.380 e. The van der Waals surface area contributed by atoms with Crippen molar-refractivity contribution >= 4 is 51.3 Å². The van der Waals surface area contributed by atoms with E-state index in [9.17, 15) is 14.4 Å². The van der Waals surface area contributed by atoms with Gasteiger partial charge < -0.3 is 5.73 Å². The molecule has 2 aromatic carbocycles. The van der Waals surface area contributed by atoms with Crippen molar-refractivity contribution in [3.8, 4) is 0 Å².